The lowest BCUT2D eigenvalue weighted by Gasteiger charge is -2.13. The van der Waals surface area contributed by atoms with Crippen molar-refractivity contribution < 1.29 is 9.53 Å². The van der Waals surface area contributed by atoms with Crippen molar-refractivity contribution in [3.8, 4) is 5.75 Å². The van der Waals surface area contributed by atoms with E-state index in [0.29, 0.717) is 18.2 Å². The fourth-order valence-corrected chi connectivity index (χ4v) is 2.46. The van der Waals surface area contributed by atoms with Gasteiger partial charge in [-0.2, -0.15) is 0 Å². The van der Waals surface area contributed by atoms with E-state index < -0.39 is 0 Å². The Bertz CT molecular complexity index is 450. The summed E-state index contributed by atoms with van der Waals surface area (Å²) in [5, 5.41) is 2.93. The number of ether oxygens (including phenoxy) is 1. The third-order valence-corrected chi connectivity index (χ3v) is 3.63. The van der Waals surface area contributed by atoms with E-state index in [4.69, 9.17) is 10.5 Å². The number of rotatable bonds is 6. The van der Waals surface area contributed by atoms with Gasteiger partial charge in [0.25, 0.3) is 5.91 Å². The molecule has 1 atom stereocenters. The summed E-state index contributed by atoms with van der Waals surface area (Å²) in [5.41, 5.74) is 6.54. The number of likely N-dealkylation sites (tertiary alicyclic amines) is 1. The number of hydrogen-bond donors (Lipinski definition) is 2. The molecule has 1 fully saturated rings. The third-order valence-electron chi connectivity index (χ3n) is 3.63. The number of hydrogen-bond acceptors (Lipinski definition) is 4. The van der Waals surface area contributed by atoms with Crippen molar-refractivity contribution in [1.82, 2.24) is 10.2 Å². The predicted octanol–water partition coefficient (Wildman–Crippen LogP) is 0.592. The Balaban J connectivity index is 1.72. The Labute approximate surface area is 120 Å². The summed E-state index contributed by atoms with van der Waals surface area (Å²) in [6.07, 6.45) is 1.15. The van der Waals surface area contributed by atoms with E-state index in [1.54, 1.807) is 0 Å². The minimum absolute atomic E-state index is 0.0412. The third kappa shape index (κ3) is 4.21. The number of carbonyl (C=O) groups excluding carboxylic acids is 1. The van der Waals surface area contributed by atoms with Crippen LogP contribution in [0.2, 0.25) is 0 Å². The van der Waals surface area contributed by atoms with Crippen molar-refractivity contribution in [2.45, 2.75) is 13.0 Å². The largest absolute Gasteiger partial charge is 0.483 e. The van der Waals surface area contributed by atoms with Crippen molar-refractivity contribution in [1.29, 1.82) is 0 Å². The second-order valence-corrected chi connectivity index (χ2v) is 5.32. The summed E-state index contributed by atoms with van der Waals surface area (Å²) in [6, 6.07) is 7.52. The van der Waals surface area contributed by atoms with Crippen LogP contribution in [-0.2, 0) is 11.3 Å². The van der Waals surface area contributed by atoms with Gasteiger partial charge in [-0.15, -0.1) is 0 Å². The summed E-state index contributed by atoms with van der Waals surface area (Å²) in [7, 11) is 2.11. The van der Waals surface area contributed by atoms with Crippen LogP contribution in [0.4, 0.5) is 0 Å². The molecule has 1 aliphatic rings. The Morgan fingerprint density at radius 2 is 2.30 bits per heavy atom. The highest BCUT2D eigenvalue weighted by Gasteiger charge is 2.19. The van der Waals surface area contributed by atoms with Crippen molar-refractivity contribution in [3.05, 3.63) is 29.8 Å². The first-order valence-electron chi connectivity index (χ1n) is 7.05. The standard InChI is InChI=1S/C15H23N3O2/c1-18-7-6-12(10-18)9-17-15(19)11-20-14-5-3-2-4-13(14)8-16/h2-5,12H,6-11,16H2,1H3,(H,17,19). The second-order valence-electron chi connectivity index (χ2n) is 5.32. The molecule has 0 aliphatic carbocycles. The van der Waals surface area contributed by atoms with Crippen LogP contribution in [-0.4, -0.2) is 44.1 Å². The molecule has 20 heavy (non-hydrogen) atoms. The minimum atomic E-state index is -0.0774. The number of nitrogens with one attached hydrogen (secondary N) is 1. The monoisotopic (exact) mass is 277 g/mol. The summed E-state index contributed by atoms with van der Waals surface area (Å²) >= 11 is 0. The first-order chi connectivity index (χ1) is 9.69. The molecule has 0 aromatic heterocycles. The average Bonchev–Trinajstić information content (AvgIpc) is 2.89. The van der Waals surface area contributed by atoms with Crippen LogP contribution in [0, 0.1) is 5.92 Å². The van der Waals surface area contributed by atoms with Crippen LogP contribution in [0.5, 0.6) is 5.75 Å². The molecule has 1 aliphatic heterocycles. The molecule has 1 aromatic carbocycles. The maximum absolute atomic E-state index is 11.8. The van der Waals surface area contributed by atoms with E-state index in [1.807, 2.05) is 24.3 Å². The summed E-state index contributed by atoms with van der Waals surface area (Å²) in [6.45, 7) is 3.34. The fourth-order valence-electron chi connectivity index (χ4n) is 2.46. The van der Waals surface area contributed by atoms with E-state index in [9.17, 15) is 4.79 Å². The SMILES string of the molecule is CN1CCC(CNC(=O)COc2ccccc2CN)C1. The normalized spacial score (nSPS) is 19.0. The molecular weight excluding hydrogens is 254 g/mol. The van der Waals surface area contributed by atoms with E-state index in [1.165, 1.54) is 0 Å². The Morgan fingerprint density at radius 1 is 1.50 bits per heavy atom. The number of benzene rings is 1. The van der Waals surface area contributed by atoms with E-state index in [2.05, 4.69) is 17.3 Å². The summed E-state index contributed by atoms with van der Waals surface area (Å²) < 4.78 is 5.52. The Kier molecular flexibility index (Phi) is 5.38. The van der Waals surface area contributed by atoms with Crippen molar-refractivity contribution >= 4 is 5.91 Å². The zero-order chi connectivity index (χ0) is 14.4. The molecule has 1 saturated heterocycles. The zero-order valence-electron chi connectivity index (χ0n) is 12.0. The Morgan fingerprint density at radius 3 is 3.00 bits per heavy atom. The number of nitrogens with two attached hydrogens (primary N) is 1. The van der Waals surface area contributed by atoms with Crippen LogP contribution < -0.4 is 15.8 Å². The zero-order valence-corrected chi connectivity index (χ0v) is 12.0. The Hall–Kier alpha value is -1.59. The lowest BCUT2D eigenvalue weighted by molar-refractivity contribution is -0.123. The van der Waals surface area contributed by atoms with Crippen LogP contribution in [0.15, 0.2) is 24.3 Å². The van der Waals surface area contributed by atoms with E-state index in [0.717, 1.165) is 31.6 Å². The van der Waals surface area contributed by atoms with Gasteiger partial charge in [0.1, 0.15) is 5.75 Å². The highest BCUT2D eigenvalue weighted by molar-refractivity contribution is 5.77. The quantitative estimate of drug-likeness (QED) is 0.799. The highest BCUT2D eigenvalue weighted by Crippen LogP contribution is 2.17. The first-order valence-corrected chi connectivity index (χ1v) is 7.05. The molecule has 0 saturated carbocycles. The molecule has 1 amide bonds. The number of para-hydroxylation sites is 1. The molecule has 0 spiro atoms. The van der Waals surface area contributed by atoms with Gasteiger partial charge in [0.05, 0.1) is 0 Å². The summed E-state index contributed by atoms with van der Waals surface area (Å²) in [5.74, 6) is 1.16. The first kappa shape index (κ1) is 14.8. The van der Waals surface area contributed by atoms with Crippen LogP contribution in [0.3, 0.4) is 0 Å². The van der Waals surface area contributed by atoms with Gasteiger partial charge in [0.15, 0.2) is 6.61 Å². The topological polar surface area (TPSA) is 67.6 Å². The molecule has 2 rings (SSSR count). The lowest BCUT2D eigenvalue weighted by Crippen LogP contribution is -2.34. The number of carbonyl (C=O) groups is 1. The molecule has 5 nitrogen and oxygen atoms in total. The van der Waals surface area contributed by atoms with Gasteiger partial charge in [-0.25, -0.2) is 0 Å². The molecule has 1 aromatic rings. The van der Waals surface area contributed by atoms with Crippen LogP contribution in [0.1, 0.15) is 12.0 Å². The van der Waals surface area contributed by atoms with Gasteiger partial charge in [-0.3, -0.25) is 4.79 Å². The van der Waals surface area contributed by atoms with Gasteiger partial charge < -0.3 is 20.7 Å². The van der Waals surface area contributed by atoms with Crippen molar-refractivity contribution in [2.24, 2.45) is 11.7 Å². The van der Waals surface area contributed by atoms with Gasteiger partial charge in [-0.1, -0.05) is 18.2 Å². The van der Waals surface area contributed by atoms with Crippen molar-refractivity contribution in [3.63, 3.8) is 0 Å². The summed E-state index contributed by atoms with van der Waals surface area (Å²) in [4.78, 5) is 14.1. The molecule has 0 bridgehead atoms. The molecule has 5 heteroatoms. The maximum atomic E-state index is 11.8. The average molecular weight is 277 g/mol. The molecule has 0 radical (unpaired) electrons. The minimum Gasteiger partial charge on any atom is -0.483 e. The number of nitrogens with zero attached hydrogens (tertiary/aromatic N) is 1. The van der Waals surface area contributed by atoms with E-state index in [-0.39, 0.29) is 12.5 Å². The van der Waals surface area contributed by atoms with Gasteiger partial charge in [0, 0.05) is 25.2 Å². The van der Waals surface area contributed by atoms with Gasteiger partial charge >= 0.3 is 0 Å². The van der Waals surface area contributed by atoms with Gasteiger partial charge in [0.2, 0.25) is 0 Å². The van der Waals surface area contributed by atoms with E-state index >= 15 is 0 Å². The predicted molar refractivity (Wildman–Crippen MR) is 78.4 cm³/mol. The fraction of sp³-hybridized carbons (Fsp3) is 0.533. The van der Waals surface area contributed by atoms with Gasteiger partial charge in [-0.05, 0) is 32.0 Å². The molecular formula is C15H23N3O2. The lowest BCUT2D eigenvalue weighted by atomic mass is 10.1. The highest BCUT2D eigenvalue weighted by atomic mass is 16.5. The van der Waals surface area contributed by atoms with Crippen molar-refractivity contribution in [2.75, 3.05) is 33.3 Å². The smallest absolute Gasteiger partial charge is 0.257 e. The number of amides is 1. The molecule has 3 N–H and O–H groups in total. The maximum Gasteiger partial charge on any atom is 0.257 e. The molecule has 1 heterocycles. The molecule has 110 valence electrons. The molecule has 1 unspecified atom stereocenters. The second kappa shape index (κ2) is 7.26. The van der Waals surface area contributed by atoms with Crippen LogP contribution in [0.25, 0.3) is 0 Å². The van der Waals surface area contributed by atoms with Crippen LogP contribution >= 0.6 is 0 Å².